The summed E-state index contributed by atoms with van der Waals surface area (Å²) in [5.74, 6) is -1.10. The van der Waals surface area contributed by atoms with Gasteiger partial charge >= 0.3 is 5.97 Å². The molecule has 156 valence electrons. The summed E-state index contributed by atoms with van der Waals surface area (Å²) in [5.41, 5.74) is 2.13. The van der Waals surface area contributed by atoms with Crippen LogP contribution < -0.4 is 10.9 Å². The number of carbonyl (C=O) groups excluding carboxylic acids is 2. The molecule has 1 aromatic carbocycles. The van der Waals surface area contributed by atoms with Crippen molar-refractivity contribution >= 4 is 51.4 Å². The van der Waals surface area contributed by atoms with Gasteiger partial charge in [0.15, 0.2) is 0 Å². The number of anilines is 1. The van der Waals surface area contributed by atoms with Crippen LogP contribution in [0.4, 0.5) is 5.00 Å². The Balaban J connectivity index is 1.91. The van der Waals surface area contributed by atoms with Crippen LogP contribution in [-0.4, -0.2) is 28.3 Å². The van der Waals surface area contributed by atoms with Gasteiger partial charge in [-0.05, 0) is 19.4 Å². The number of amides is 1. The van der Waals surface area contributed by atoms with Crippen LogP contribution in [0.5, 0.6) is 0 Å². The number of benzene rings is 1. The molecule has 0 saturated heterocycles. The Kier molecular flexibility index (Phi) is 6.91. The summed E-state index contributed by atoms with van der Waals surface area (Å²) in [6.45, 7) is 3.47. The van der Waals surface area contributed by atoms with Crippen molar-refractivity contribution in [2.24, 2.45) is 0 Å². The SMILES string of the molecule is CCOC(=O)c1c(-c2ccc(C)cc2)csc1NC(=O)Cn1ncc(Cl)c(Cl)c1=O. The van der Waals surface area contributed by atoms with Crippen molar-refractivity contribution in [2.45, 2.75) is 20.4 Å². The van der Waals surface area contributed by atoms with E-state index in [0.29, 0.717) is 10.6 Å². The highest BCUT2D eigenvalue weighted by atomic mass is 35.5. The first kappa shape index (κ1) is 22.0. The fourth-order valence-electron chi connectivity index (χ4n) is 2.66. The van der Waals surface area contributed by atoms with Crippen LogP contribution in [0.1, 0.15) is 22.8 Å². The highest BCUT2D eigenvalue weighted by Gasteiger charge is 2.23. The molecular formula is C20H17Cl2N3O4S. The molecule has 1 amide bonds. The number of aryl methyl sites for hydroxylation is 1. The van der Waals surface area contributed by atoms with Gasteiger partial charge in [-0.25, -0.2) is 9.48 Å². The molecule has 0 atom stereocenters. The second-order valence-corrected chi connectivity index (χ2v) is 7.92. The molecule has 7 nitrogen and oxygen atoms in total. The molecule has 2 aromatic heterocycles. The number of esters is 1. The van der Waals surface area contributed by atoms with Gasteiger partial charge in [0.2, 0.25) is 5.91 Å². The molecule has 3 rings (SSSR count). The third kappa shape index (κ3) is 4.72. The van der Waals surface area contributed by atoms with E-state index in [1.165, 1.54) is 17.5 Å². The van der Waals surface area contributed by atoms with Crippen LogP contribution >= 0.6 is 34.5 Å². The molecule has 2 heterocycles. The number of halogens is 2. The molecule has 1 N–H and O–H groups in total. The zero-order chi connectivity index (χ0) is 21.8. The van der Waals surface area contributed by atoms with E-state index in [2.05, 4.69) is 10.4 Å². The van der Waals surface area contributed by atoms with Crippen molar-refractivity contribution < 1.29 is 14.3 Å². The molecule has 0 aliphatic heterocycles. The normalized spacial score (nSPS) is 10.7. The number of hydrogen-bond donors (Lipinski definition) is 1. The lowest BCUT2D eigenvalue weighted by Crippen LogP contribution is -2.30. The van der Waals surface area contributed by atoms with E-state index >= 15 is 0 Å². The van der Waals surface area contributed by atoms with E-state index in [0.717, 1.165) is 15.8 Å². The minimum absolute atomic E-state index is 0.00363. The van der Waals surface area contributed by atoms with Crippen LogP contribution in [-0.2, 0) is 16.1 Å². The molecule has 0 spiro atoms. The number of thiophene rings is 1. The predicted molar refractivity (Wildman–Crippen MR) is 118 cm³/mol. The summed E-state index contributed by atoms with van der Waals surface area (Å²) < 4.78 is 6.07. The second kappa shape index (κ2) is 9.42. The fourth-order valence-corrected chi connectivity index (χ4v) is 3.91. The summed E-state index contributed by atoms with van der Waals surface area (Å²) in [6, 6.07) is 7.65. The largest absolute Gasteiger partial charge is 0.462 e. The summed E-state index contributed by atoms with van der Waals surface area (Å²) in [7, 11) is 0. The smallest absolute Gasteiger partial charge is 0.341 e. The lowest BCUT2D eigenvalue weighted by Gasteiger charge is -2.10. The predicted octanol–water partition coefficient (Wildman–Crippen LogP) is 4.40. The Morgan fingerprint density at radius 2 is 1.93 bits per heavy atom. The van der Waals surface area contributed by atoms with E-state index in [1.807, 2.05) is 31.2 Å². The van der Waals surface area contributed by atoms with Gasteiger partial charge in [0, 0.05) is 10.9 Å². The van der Waals surface area contributed by atoms with Gasteiger partial charge in [-0.1, -0.05) is 53.0 Å². The van der Waals surface area contributed by atoms with E-state index in [9.17, 15) is 14.4 Å². The second-order valence-electron chi connectivity index (χ2n) is 6.26. The highest BCUT2D eigenvalue weighted by molar-refractivity contribution is 7.15. The number of nitrogens with one attached hydrogen (secondary N) is 1. The first-order valence-corrected chi connectivity index (χ1v) is 10.5. The van der Waals surface area contributed by atoms with Crippen LogP contribution in [0.15, 0.2) is 40.6 Å². The number of carbonyl (C=O) groups is 2. The minimum Gasteiger partial charge on any atom is -0.462 e. The fraction of sp³-hybridized carbons (Fsp3) is 0.200. The summed E-state index contributed by atoms with van der Waals surface area (Å²) in [5, 5.41) is 8.35. The number of hydrogen-bond acceptors (Lipinski definition) is 6. The van der Waals surface area contributed by atoms with E-state index in [4.69, 9.17) is 27.9 Å². The number of ether oxygens (including phenoxy) is 1. The molecule has 3 aromatic rings. The Bertz CT molecular complexity index is 1160. The number of rotatable bonds is 6. The van der Waals surface area contributed by atoms with Crippen LogP contribution in [0.2, 0.25) is 10.0 Å². The van der Waals surface area contributed by atoms with Gasteiger partial charge in [-0.2, -0.15) is 5.10 Å². The Morgan fingerprint density at radius 1 is 1.23 bits per heavy atom. The summed E-state index contributed by atoms with van der Waals surface area (Å²) >= 11 is 12.8. The standard InChI is InChI=1S/C20H17Cl2N3O4S/c1-3-29-20(28)16-13(12-6-4-11(2)5-7-12)10-30-18(16)24-15(26)9-25-19(27)17(22)14(21)8-23-25/h4-8,10H,3,9H2,1-2H3,(H,24,26). The number of nitrogens with zero attached hydrogens (tertiary/aromatic N) is 2. The molecule has 10 heteroatoms. The highest BCUT2D eigenvalue weighted by Crippen LogP contribution is 2.36. The van der Waals surface area contributed by atoms with Crippen LogP contribution in [0.25, 0.3) is 11.1 Å². The maximum absolute atomic E-state index is 12.6. The Hall–Kier alpha value is -2.68. The zero-order valence-electron chi connectivity index (χ0n) is 16.1. The topological polar surface area (TPSA) is 90.3 Å². The lowest BCUT2D eigenvalue weighted by molar-refractivity contribution is -0.117. The van der Waals surface area contributed by atoms with Crippen molar-refractivity contribution in [3.8, 4) is 11.1 Å². The molecule has 30 heavy (non-hydrogen) atoms. The van der Waals surface area contributed by atoms with Gasteiger partial charge in [0.25, 0.3) is 5.56 Å². The molecule has 0 aliphatic carbocycles. The van der Waals surface area contributed by atoms with E-state index in [-0.39, 0.29) is 22.2 Å². The van der Waals surface area contributed by atoms with Crippen LogP contribution in [0.3, 0.4) is 0 Å². The van der Waals surface area contributed by atoms with Crippen molar-refractivity contribution in [1.82, 2.24) is 9.78 Å². The zero-order valence-corrected chi connectivity index (χ0v) is 18.4. The van der Waals surface area contributed by atoms with E-state index in [1.54, 1.807) is 12.3 Å². The van der Waals surface area contributed by atoms with Gasteiger partial charge in [-0.3, -0.25) is 9.59 Å². The third-order valence-electron chi connectivity index (χ3n) is 4.12. The average molecular weight is 466 g/mol. The first-order chi connectivity index (χ1) is 14.3. The molecule has 0 bridgehead atoms. The molecule has 0 unspecified atom stereocenters. The molecule has 0 aliphatic rings. The molecule has 0 saturated carbocycles. The molecule has 0 radical (unpaired) electrons. The molecular weight excluding hydrogens is 449 g/mol. The van der Waals surface area contributed by atoms with Crippen molar-refractivity contribution in [2.75, 3.05) is 11.9 Å². The quantitative estimate of drug-likeness (QED) is 0.544. The van der Waals surface area contributed by atoms with E-state index < -0.39 is 24.0 Å². The maximum atomic E-state index is 12.6. The van der Waals surface area contributed by atoms with Crippen molar-refractivity contribution in [1.29, 1.82) is 0 Å². The van der Waals surface area contributed by atoms with Crippen molar-refractivity contribution in [3.63, 3.8) is 0 Å². The average Bonchev–Trinajstić information content (AvgIpc) is 3.12. The Morgan fingerprint density at radius 3 is 2.60 bits per heavy atom. The minimum atomic E-state index is -0.684. The van der Waals surface area contributed by atoms with Crippen LogP contribution in [0, 0.1) is 6.92 Å². The monoisotopic (exact) mass is 465 g/mol. The maximum Gasteiger partial charge on any atom is 0.341 e. The Labute approximate surface area is 186 Å². The van der Waals surface area contributed by atoms with Gasteiger partial charge < -0.3 is 10.1 Å². The summed E-state index contributed by atoms with van der Waals surface area (Å²) in [6.07, 6.45) is 1.18. The first-order valence-electron chi connectivity index (χ1n) is 8.88. The van der Waals surface area contributed by atoms with Gasteiger partial charge in [0.1, 0.15) is 22.1 Å². The summed E-state index contributed by atoms with van der Waals surface area (Å²) in [4.78, 5) is 37.2. The lowest BCUT2D eigenvalue weighted by atomic mass is 10.0. The van der Waals surface area contributed by atoms with Gasteiger partial charge in [0.05, 0.1) is 17.8 Å². The third-order valence-corrected chi connectivity index (χ3v) is 5.77. The van der Waals surface area contributed by atoms with Crippen molar-refractivity contribution in [3.05, 3.63) is 67.4 Å². The number of aromatic nitrogens is 2. The van der Waals surface area contributed by atoms with Gasteiger partial charge in [-0.15, -0.1) is 11.3 Å². The molecule has 0 fully saturated rings.